The van der Waals surface area contributed by atoms with Crippen molar-refractivity contribution in [2.24, 2.45) is 0 Å². The molecule has 0 aliphatic carbocycles. The van der Waals surface area contributed by atoms with Crippen LogP contribution in [0.25, 0.3) is 11.1 Å². The third-order valence-corrected chi connectivity index (χ3v) is 5.86. The first-order valence-electron chi connectivity index (χ1n) is 12.4. The minimum atomic E-state index is -0.833. The van der Waals surface area contributed by atoms with E-state index < -0.39 is 17.9 Å². The molecule has 0 amide bonds. The van der Waals surface area contributed by atoms with Gasteiger partial charge in [-0.1, -0.05) is 91.0 Å². The Kier molecular flexibility index (Phi) is 12.7. The van der Waals surface area contributed by atoms with Gasteiger partial charge in [-0.25, -0.2) is 0 Å². The summed E-state index contributed by atoms with van der Waals surface area (Å²) >= 11 is 0. The van der Waals surface area contributed by atoms with Gasteiger partial charge in [0.05, 0.1) is 5.92 Å². The fourth-order valence-electron chi connectivity index (χ4n) is 4.24. The average Bonchev–Trinajstić information content (AvgIpc) is 2.87. The monoisotopic (exact) mass is 487 g/mol. The van der Waals surface area contributed by atoms with E-state index in [1.807, 2.05) is 66.7 Å². The number of aliphatic carboxylic acids is 2. The molecule has 5 heteroatoms. The number of benzene rings is 3. The molecule has 0 heterocycles. The summed E-state index contributed by atoms with van der Waals surface area (Å²) < 4.78 is 0. The van der Waals surface area contributed by atoms with Crippen molar-refractivity contribution >= 4 is 11.9 Å². The molecule has 0 spiro atoms. The standard InChI is InChI=1S/C29H33NO2.C2H4O2/c1-2-21-30(22-11-15-24-13-5-3-6-14-24)23-12-20-28(29(31)32)27-19-10-9-18-26(27)25-16-7-4-8-17-25;1-2(3)4/h2-10,13-14,16-19,28H,1,11-12,15,20-23H2,(H,31,32);1H3,(H,3,4). The van der Waals surface area contributed by atoms with Crippen LogP contribution in [0.5, 0.6) is 0 Å². The summed E-state index contributed by atoms with van der Waals surface area (Å²) in [5.41, 5.74) is 4.31. The first kappa shape index (κ1) is 28.5. The molecule has 36 heavy (non-hydrogen) atoms. The summed E-state index contributed by atoms with van der Waals surface area (Å²) in [5.74, 6) is -2.10. The SMILES string of the molecule is C=CCN(CCCc1ccccc1)CCCC(C(=O)O)c1ccccc1-c1ccccc1.CC(=O)O. The minimum Gasteiger partial charge on any atom is -0.481 e. The van der Waals surface area contributed by atoms with Crippen LogP contribution in [0.3, 0.4) is 0 Å². The van der Waals surface area contributed by atoms with E-state index in [0.717, 1.165) is 62.5 Å². The Hall–Kier alpha value is -3.70. The lowest BCUT2D eigenvalue weighted by Crippen LogP contribution is -2.27. The predicted octanol–water partition coefficient (Wildman–Crippen LogP) is 6.51. The first-order chi connectivity index (χ1) is 17.4. The van der Waals surface area contributed by atoms with Gasteiger partial charge in [-0.2, -0.15) is 0 Å². The Balaban J connectivity index is 0.00000106. The second-order valence-electron chi connectivity index (χ2n) is 8.68. The topological polar surface area (TPSA) is 77.8 Å². The fraction of sp³-hybridized carbons (Fsp3) is 0.290. The second kappa shape index (κ2) is 16.1. The van der Waals surface area contributed by atoms with Gasteiger partial charge in [-0.05, 0) is 61.0 Å². The zero-order valence-electron chi connectivity index (χ0n) is 21.1. The maximum absolute atomic E-state index is 12.2. The number of hydrogen-bond donors (Lipinski definition) is 2. The molecule has 1 unspecified atom stereocenters. The molecular formula is C31H37NO4. The van der Waals surface area contributed by atoms with Gasteiger partial charge in [-0.3, -0.25) is 14.5 Å². The average molecular weight is 488 g/mol. The molecule has 0 aliphatic heterocycles. The molecule has 5 nitrogen and oxygen atoms in total. The zero-order chi connectivity index (χ0) is 26.2. The lowest BCUT2D eigenvalue weighted by molar-refractivity contribution is -0.139. The second-order valence-corrected chi connectivity index (χ2v) is 8.68. The van der Waals surface area contributed by atoms with E-state index in [9.17, 15) is 9.90 Å². The maximum atomic E-state index is 12.2. The van der Waals surface area contributed by atoms with Crippen molar-refractivity contribution < 1.29 is 19.8 Å². The van der Waals surface area contributed by atoms with Crippen molar-refractivity contribution in [2.45, 2.75) is 38.5 Å². The number of aryl methyl sites for hydroxylation is 1. The molecule has 2 N–H and O–H groups in total. The van der Waals surface area contributed by atoms with Gasteiger partial charge in [0.15, 0.2) is 0 Å². The van der Waals surface area contributed by atoms with Crippen LogP contribution in [0, 0.1) is 0 Å². The van der Waals surface area contributed by atoms with E-state index in [1.54, 1.807) is 0 Å². The molecule has 0 fully saturated rings. The van der Waals surface area contributed by atoms with Crippen molar-refractivity contribution in [1.82, 2.24) is 4.90 Å². The Morgan fingerprint density at radius 2 is 1.42 bits per heavy atom. The third-order valence-electron chi connectivity index (χ3n) is 5.86. The first-order valence-corrected chi connectivity index (χ1v) is 12.4. The van der Waals surface area contributed by atoms with Crippen LogP contribution >= 0.6 is 0 Å². The summed E-state index contributed by atoms with van der Waals surface area (Å²) in [5, 5.41) is 17.4. The van der Waals surface area contributed by atoms with Gasteiger partial charge in [0.2, 0.25) is 0 Å². The van der Waals surface area contributed by atoms with Crippen molar-refractivity contribution in [3.8, 4) is 11.1 Å². The smallest absolute Gasteiger partial charge is 0.310 e. The van der Waals surface area contributed by atoms with Crippen LogP contribution in [-0.4, -0.2) is 46.7 Å². The third kappa shape index (κ3) is 10.3. The molecule has 3 aromatic carbocycles. The van der Waals surface area contributed by atoms with Crippen molar-refractivity contribution in [3.63, 3.8) is 0 Å². The van der Waals surface area contributed by atoms with Gasteiger partial charge in [0.1, 0.15) is 0 Å². The molecule has 0 radical (unpaired) electrons. The maximum Gasteiger partial charge on any atom is 0.310 e. The minimum absolute atomic E-state index is 0.513. The quantitative estimate of drug-likeness (QED) is 0.269. The van der Waals surface area contributed by atoms with Crippen LogP contribution in [-0.2, 0) is 16.0 Å². The molecule has 0 saturated heterocycles. The van der Waals surface area contributed by atoms with E-state index in [1.165, 1.54) is 5.56 Å². The van der Waals surface area contributed by atoms with E-state index in [4.69, 9.17) is 9.90 Å². The number of carboxylic acid groups (broad SMARTS) is 2. The lowest BCUT2D eigenvalue weighted by atomic mass is 9.87. The van der Waals surface area contributed by atoms with E-state index >= 15 is 0 Å². The van der Waals surface area contributed by atoms with Gasteiger partial charge in [0, 0.05) is 13.5 Å². The van der Waals surface area contributed by atoms with Crippen molar-refractivity contribution in [1.29, 1.82) is 0 Å². The molecule has 0 saturated carbocycles. The highest BCUT2D eigenvalue weighted by molar-refractivity contribution is 5.81. The number of rotatable bonds is 13. The van der Waals surface area contributed by atoms with E-state index in [0.29, 0.717) is 6.42 Å². The molecular weight excluding hydrogens is 450 g/mol. The predicted molar refractivity (Wildman–Crippen MR) is 146 cm³/mol. The highest BCUT2D eigenvalue weighted by Gasteiger charge is 2.23. The summed E-state index contributed by atoms with van der Waals surface area (Å²) in [4.78, 5) is 23.6. The van der Waals surface area contributed by atoms with Crippen molar-refractivity contribution in [2.75, 3.05) is 19.6 Å². The Morgan fingerprint density at radius 1 is 0.861 bits per heavy atom. The van der Waals surface area contributed by atoms with Gasteiger partial charge >= 0.3 is 5.97 Å². The summed E-state index contributed by atoms with van der Waals surface area (Å²) in [6.07, 6.45) is 5.51. The largest absolute Gasteiger partial charge is 0.481 e. The normalized spacial score (nSPS) is 11.3. The molecule has 3 rings (SSSR count). The summed E-state index contributed by atoms with van der Waals surface area (Å²) in [6, 6.07) is 28.5. The molecule has 0 bridgehead atoms. The molecule has 0 aliphatic rings. The summed E-state index contributed by atoms with van der Waals surface area (Å²) in [6.45, 7) is 7.66. The van der Waals surface area contributed by atoms with E-state index in [-0.39, 0.29) is 0 Å². The number of nitrogens with zero attached hydrogens (tertiary/aromatic N) is 1. The molecule has 190 valence electrons. The van der Waals surface area contributed by atoms with Crippen LogP contribution in [0.2, 0.25) is 0 Å². The van der Waals surface area contributed by atoms with Crippen LogP contribution < -0.4 is 0 Å². The van der Waals surface area contributed by atoms with Gasteiger partial charge in [0.25, 0.3) is 5.97 Å². The molecule has 0 aromatic heterocycles. The Bertz CT molecular complexity index is 1060. The Morgan fingerprint density at radius 3 is 2.03 bits per heavy atom. The number of hydrogen-bond acceptors (Lipinski definition) is 3. The molecule has 3 aromatic rings. The van der Waals surface area contributed by atoms with Gasteiger partial charge < -0.3 is 10.2 Å². The number of carbonyl (C=O) groups is 2. The number of carboxylic acids is 2. The highest BCUT2D eigenvalue weighted by atomic mass is 16.4. The fourth-order valence-corrected chi connectivity index (χ4v) is 4.24. The van der Waals surface area contributed by atoms with Crippen LogP contribution in [0.1, 0.15) is 43.2 Å². The zero-order valence-corrected chi connectivity index (χ0v) is 21.1. The van der Waals surface area contributed by atoms with Crippen molar-refractivity contribution in [3.05, 3.63) is 109 Å². The highest BCUT2D eigenvalue weighted by Crippen LogP contribution is 2.32. The van der Waals surface area contributed by atoms with E-state index in [2.05, 4.69) is 35.7 Å². The summed E-state index contributed by atoms with van der Waals surface area (Å²) in [7, 11) is 0. The Labute approximate surface area is 214 Å². The molecule has 1 atom stereocenters. The lowest BCUT2D eigenvalue weighted by Gasteiger charge is -2.22. The van der Waals surface area contributed by atoms with Crippen LogP contribution in [0.4, 0.5) is 0 Å². The van der Waals surface area contributed by atoms with Crippen LogP contribution in [0.15, 0.2) is 97.6 Å². The van der Waals surface area contributed by atoms with Gasteiger partial charge in [-0.15, -0.1) is 6.58 Å².